The van der Waals surface area contributed by atoms with Crippen molar-refractivity contribution in [1.29, 1.82) is 0 Å². The van der Waals surface area contributed by atoms with Crippen LogP contribution in [0.25, 0.3) is 0 Å². The van der Waals surface area contributed by atoms with E-state index >= 15 is 0 Å². The SMILES string of the molecule is CC(O)C(=O)OC(N[C@H]1[C@H](OC2[C@@H](CO)O[C@@H](O)[C@H](N)[C@H]2O)O[C@H](CO)C(O[C@@H]2O[C@H](CO)[C@@H](O)[C@H](O)[C@H]2N)[C@@H]1O)C(=O)O. The molecule has 17 atom stereocenters. The van der Waals surface area contributed by atoms with E-state index in [1.54, 1.807) is 0 Å². The molecule has 15 N–H and O–H groups in total. The molecule has 0 radical (unpaired) electrons. The number of aliphatic hydroxyl groups is 9. The first-order valence-electron chi connectivity index (χ1n) is 13.6. The van der Waals surface area contributed by atoms with Gasteiger partial charge in [-0.15, -0.1) is 0 Å². The molecule has 3 saturated heterocycles. The van der Waals surface area contributed by atoms with Gasteiger partial charge in [-0.2, -0.15) is 0 Å². The zero-order valence-corrected chi connectivity index (χ0v) is 23.3. The van der Waals surface area contributed by atoms with E-state index in [4.69, 9.17) is 39.9 Å². The number of carboxylic acid groups (broad SMARTS) is 1. The van der Waals surface area contributed by atoms with Crippen LogP contribution < -0.4 is 16.8 Å². The van der Waals surface area contributed by atoms with Crippen molar-refractivity contribution in [3.63, 3.8) is 0 Å². The van der Waals surface area contributed by atoms with Crippen molar-refractivity contribution in [2.24, 2.45) is 11.5 Å². The van der Waals surface area contributed by atoms with Gasteiger partial charge in [-0.25, -0.2) is 9.59 Å². The molecule has 0 bridgehead atoms. The smallest absolute Gasteiger partial charge is 0.360 e. The van der Waals surface area contributed by atoms with Gasteiger partial charge in [0.15, 0.2) is 18.9 Å². The second-order valence-corrected chi connectivity index (χ2v) is 10.5. The standard InChI is InChI=1S/C23H41N3O18/c1-5(30)20(37)44-18(19(35)36)26-11-15(34)17(42-22-10(25)13(32)12(31)6(2-27)40-22)8(4-29)41-23(11)43-16-7(3-28)39-21(38)9(24)14(16)33/h5-18,21-23,26-34,38H,2-4,24-25H2,1H3,(H,35,36)/t5?,6-,7-,8-,9-,10-,11-,12-,13-,14-,15-,16?,17?,18?,21-,22+,23+/m1/s1. The average molecular weight is 648 g/mol. The predicted octanol–water partition coefficient (Wildman–Crippen LogP) is -8.71. The van der Waals surface area contributed by atoms with Gasteiger partial charge in [-0.05, 0) is 6.92 Å². The summed E-state index contributed by atoms with van der Waals surface area (Å²) in [5.41, 5.74) is 11.7. The monoisotopic (exact) mass is 647 g/mol. The van der Waals surface area contributed by atoms with Gasteiger partial charge in [0.05, 0.1) is 37.9 Å². The highest BCUT2D eigenvalue weighted by molar-refractivity contribution is 5.79. The number of aliphatic carboxylic acids is 1. The van der Waals surface area contributed by atoms with Crippen LogP contribution in [0.1, 0.15) is 6.92 Å². The summed E-state index contributed by atoms with van der Waals surface area (Å²) in [7, 11) is 0. The normalized spacial score (nSPS) is 44.5. The van der Waals surface area contributed by atoms with E-state index in [2.05, 4.69) is 5.32 Å². The van der Waals surface area contributed by atoms with Crippen LogP contribution in [0.3, 0.4) is 0 Å². The van der Waals surface area contributed by atoms with Crippen LogP contribution in [-0.4, -0.2) is 187 Å². The number of nitrogens with two attached hydrogens (primary N) is 2. The van der Waals surface area contributed by atoms with Gasteiger partial charge < -0.3 is 91.0 Å². The van der Waals surface area contributed by atoms with E-state index in [1.165, 1.54) is 0 Å². The Hall–Kier alpha value is -1.74. The Labute approximate surface area is 249 Å². The van der Waals surface area contributed by atoms with Gasteiger partial charge in [0.1, 0.15) is 61.0 Å². The predicted molar refractivity (Wildman–Crippen MR) is 135 cm³/mol. The van der Waals surface area contributed by atoms with Crippen molar-refractivity contribution in [3.05, 3.63) is 0 Å². The van der Waals surface area contributed by atoms with Crippen LogP contribution in [-0.2, 0) is 38.0 Å². The van der Waals surface area contributed by atoms with Crippen molar-refractivity contribution >= 4 is 11.9 Å². The van der Waals surface area contributed by atoms with E-state index in [0.29, 0.717) is 0 Å². The van der Waals surface area contributed by atoms with Gasteiger partial charge in [-0.1, -0.05) is 0 Å². The first-order chi connectivity index (χ1) is 20.7. The Morgan fingerprint density at radius 1 is 0.773 bits per heavy atom. The Morgan fingerprint density at radius 2 is 1.30 bits per heavy atom. The van der Waals surface area contributed by atoms with Crippen molar-refractivity contribution in [2.75, 3.05) is 19.8 Å². The number of ether oxygens (including phenoxy) is 6. The summed E-state index contributed by atoms with van der Waals surface area (Å²) in [4.78, 5) is 23.9. The van der Waals surface area contributed by atoms with E-state index in [0.717, 1.165) is 6.92 Å². The quantitative estimate of drug-likeness (QED) is 0.0690. The summed E-state index contributed by atoms with van der Waals surface area (Å²) in [6.07, 6.45) is -23.9. The van der Waals surface area contributed by atoms with Crippen LogP contribution in [0, 0.1) is 0 Å². The lowest BCUT2D eigenvalue weighted by Crippen LogP contribution is -2.71. The lowest BCUT2D eigenvalue weighted by atomic mass is 9.94. The van der Waals surface area contributed by atoms with Gasteiger partial charge >= 0.3 is 11.9 Å². The second kappa shape index (κ2) is 15.7. The Kier molecular flexibility index (Phi) is 13.1. The van der Waals surface area contributed by atoms with Crippen molar-refractivity contribution < 1.29 is 89.1 Å². The summed E-state index contributed by atoms with van der Waals surface area (Å²) in [5, 5.41) is 103. The average Bonchev–Trinajstić information content (AvgIpc) is 2.98. The largest absolute Gasteiger partial charge is 0.477 e. The minimum Gasteiger partial charge on any atom is -0.477 e. The van der Waals surface area contributed by atoms with Crippen LogP contribution >= 0.6 is 0 Å². The summed E-state index contributed by atoms with van der Waals surface area (Å²) >= 11 is 0. The third-order valence-corrected chi connectivity index (χ3v) is 7.43. The Morgan fingerprint density at radius 3 is 1.84 bits per heavy atom. The lowest BCUT2D eigenvalue weighted by Gasteiger charge is -2.49. The number of nitrogens with one attached hydrogen (secondary N) is 1. The molecule has 3 aliphatic heterocycles. The third kappa shape index (κ3) is 7.97. The van der Waals surface area contributed by atoms with E-state index in [9.17, 15) is 60.7 Å². The Bertz CT molecular complexity index is 946. The molecule has 3 heterocycles. The number of rotatable bonds is 12. The number of carbonyl (C=O) groups is 2. The molecule has 3 rings (SSSR count). The molecular formula is C23H41N3O18. The molecule has 0 amide bonds. The maximum atomic E-state index is 12.0. The molecule has 0 spiro atoms. The topological polar surface area (TPSA) is 356 Å². The zero-order valence-electron chi connectivity index (χ0n) is 23.3. The van der Waals surface area contributed by atoms with Crippen molar-refractivity contribution in [3.8, 4) is 0 Å². The second-order valence-electron chi connectivity index (χ2n) is 10.5. The summed E-state index contributed by atoms with van der Waals surface area (Å²) < 4.78 is 32.5. The molecule has 21 heteroatoms. The first-order valence-corrected chi connectivity index (χ1v) is 13.6. The molecule has 3 aliphatic rings. The molecule has 44 heavy (non-hydrogen) atoms. The summed E-state index contributed by atoms with van der Waals surface area (Å²) in [6, 6.07) is -4.73. The van der Waals surface area contributed by atoms with E-state index < -0.39 is 136 Å². The molecule has 0 aliphatic carbocycles. The third-order valence-electron chi connectivity index (χ3n) is 7.43. The highest BCUT2D eigenvalue weighted by Crippen LogP contribution is 2.32. The minimum atomic E-state index is -2.27. The number of hydrogen-bond acceptors (Lipinski definition) is 20. The van der Waals surface area contributed by atoms with Crippen molar-refractivity contribution in [2.45, 2.75) is 111 Å². The molecular weight excluding hydrogens is 606 g/mol. The van der Waals surface area contributed by atoms with E-state index in [1.807, 2.05) is 0 Å². The van der Waals surface area contributed by atoms with Crippen LogP contribution in [0.5, 0.6) is 0 Å². The molecule has 0 aromatic rings. The Balaban J connectivity index is 1.95. The minimum absolute atomic E-state index is 0.776. The highest BCUT2D eigenvalue weighted by atomic mass is 16.7. The van der Waals surface area contributed by atoms with Crippen LogP contribution in [0.15, 0.2) is 0 Å². The van der Waals surface area contributed by atoms with Gasteiger partial charge in [0.25, 0.3) is 6.23 Å². The number of carbonyl (C=O) groups excluding carboxylic acids is 1. The number of carboxylic acids is 1. The molecule has 0 saturated carbocycles. The molecule has 4 unspecified atom stereocenters. The fourth-order valence-electron chi connectivity index (χ4n) is 4.88. The highest BCUT2D eigenvalue weighted by Gasteiger charge is 2.54. The molecule has 0 aromatic heterocycles. The van der Waals surface area contributed by atoms with E-state index in [-0.39, 0.29) is 0 Å². The van der Waals surface area contributed by atoms with Crippen LogP contribution in [0.4, 0.5) is 0 Å². The summed E-state index contributed by atoms with van der Waals surface area (Å²) in [6.45, 7) is -1.51. The zero-order chi connectivity index (χ0) is 33.0. The van der Waals surface area contributed by atoms with Gasteiger partial charge in [0, 0.05) is 0 Å². The number of aliphatic hydroxyl groups excluding tert-OH is 9. The molecule has 21 nitrogen and oxygen atoms in total. The van der Waals surface area contributed by atoms with Gasteiger partial charge in [-0.3, -0.25) is 5.32 Å². The number of esters is 1. The summed E-state index contributed by atoms with van der Waals surface area (Å²) in [5.74, 6) is -3.19. The molecule has 256 valence electrons. The first kappa shape index (κ1) is 36.7. The molecule has 3 fully saturated rings. The molecule has 0 aromatic carbocycles. The lowest BCUT2D eigenvalue weighted by molar-refractivity contribution is -0.351. The number of hydrogen-bond donors (Lipinski definition) is 13. The van der Waals surface area contributed by atoms with Gasteiger partial charge in [0.2, 0.25) is 0 Å². The fraction of sp³-hybridized carbons (Fsp3) is 0.913. The maximum Gasteiger partial charge on any atom is 0.360 e. The van der Waals surface area contributed by atoms with Crippen LogP contribution in [0.2, 0.25) is 0 Å². The fourth-order valence-corrected chi connectivity index (χ4v) is 4.88. The maximum absolute atomic E-state index is 12.0. The van der Waals surface area contributed by atoms with Crippen molar-refractivity contribution in [1.82, 2.24) is 5.32 Å².